The van der Waals surface area contributed by atoms with Crippen LogP contribution in [0.15, 0.2) is 29.2 Å². The van der Waals surface area contributed by atoms with Crippen molar-refractivity contribution in [1.82, 2.24) is 10.2 Å². The summed E-state index contributed by atoms with van der Waals surface area (Å²) in [5.74, 6) is 0.118. The number of nitrogens with zero attached hydrogens (tertiary/aromatic N) is 2. The first-order valence-electron chi connectivity index (χ1n) is 6.05. The van der Waals surface area contributed by atoms with E-state index < -0.39 is 0 Å². The number of H-pyrrole nitrogens is 1. The third-order valence-electron chi connectivity index (χ3n) is 2.79. The minimum Gasteiger partial charge on any atom is -0.319 e. The lowest BCUT2D eigenvalue weighted by Gasteiger charge is -2.09. The van der Waals surface area contributed by atoms with Crippen LogP contribution in [0.1, 0.15) is 21.7 Å². The third kappa shape index (κ3) is 3.00. The van der Waals surface area contributed by atoms with E-state index in [0.29, 0.717) is 17.0 Å². The number of thioether (sulfide) groups is 1. The second-order valence-electron chi connectivity index (χ2n) is 4.21. The van der Waals surface area contributed by atoms with Crippen molar-refractivity contribution in [2.75, 3.05) is 11.1 Å². The number of carbonyl (C=O) groups excluding carboxylic acids is 1. The molecule has 0 fully saturated rings. The average Bonchev–Trinajstić information content (AvgIpc) is 2.77. The third-order valence-corrected chi connectivity index (χ3v) is 3.73. The first-order chi connectivity index (χ1) is 9.63. The first-order valence-corrected chi connectivity index (χ1v) is 7.03. The molecule has 5 nitrogen and oxygen atoms in total. The maximum atomic E-state index is 12.4. The van der Waals surface area contributed by atoms with Crippen LogP contribution in [0.25, 0.3) is 0 Å². The van der Waals surface area contributed by atoms with Crippen molar-refractivity contribution in [2.24, 2.45) is 0 Å². The number of amides is 1. The molecule has 6 heteroatoms. The summed E-state index contributed by atoms with van der Waals surface area (Å²) in [7, 11) is 0. The van der Waals surface area contributed by atoms with E-state index in [9.17, 15) is 4.79 Å². The van der Waals surface area contributed by atoms with Gasteiger partial charge in [0, 0.05) is 4.90 Å². The predicted octanol–water partition coefficient (Wildman–Crippen LogP) is 2.89. The number of nitrogens with one attached hydrogen (secondary N) is 2. The van der Waals surface area contributed by atoms with Crippen LogP contribution >= 0.6 is 11.8 Å². The van der Waals surface area contributed by atoms with Crippen molar-refractivity contribution >= 4 is 23.4 Å². The molecule has 2 aromatic rings. The van der Waals surface area contributed by atoms with Gasteiger partial charge in [-0.25, -0.2) is 0 Å². The van der Waals surface area contributed by atoms with Gasteiger partial charge in [-0.2, -0.15) is 10.4 Å². The zero-order valence-electron chi connectivity index (χ0n) is 11.2. The zero-order chi connectivity index (χ0) is 14.5. The monoisotopic (exact) mass is 286 g/mol. The number of nitriles is 1. The smallest absolute Gasteiger partial charge is 0.256 e. The summed E-state index contributed by atoms with van der Waals surface area (Å²) in [6, 6.07) is 9.31. The molecule has 1 aromatic heterocycles. The van der Waals surface area contributed by atoms with E-state index in [1.165, 1.54) is 11.8 Å². The van der Waals surface area contributed by atoms with Gasteiger partial charge in [-0.05, 0) is 26.0 Å². The normalized spacial score (nSPS) is 10.1. The van der Waals surface area contributed by atoms with Crippen molar-refractivity contribution in [3.63, 3.8) is 0 Å². The quantitative estimate of drug-likeness (QED) is 0.847. The molecular formula is C14H14N4OS. The largest absolute Gasteiger partial charge is 0.319 e. The molecule has 0 radical (unpaired) electrons. The van der Waals surface area contributed by atoms with Crippen LogP contribution in [0, 0.1) is 25.2 Å². The summed E-state index contributed by atoms with van der Waals surface area (Å²) < 4.78 is 0. The highest BCUT2D eigenvalue weighted by Crippen LogP contribution is 2.24. The Labute approximate surface area is 121 Å². The highest BCUT2D eigenvalue weighted by atomic mass is 32.2. The number of hydrogen-bond donors (Lipinski definition) is 2. The Morgan fingerprint density at radius 3 is 2.85 bits per heavy atom. The van der Waals surface area contributed by atoms with Gasteiger partial charge < -0.3 is 5.32 Å². The van der Waals surface area contributed by atoms with E-state index in [4.69, 9.17) is 5.26 Å². The average molecular weight is 286 g/mol. The lowest BCUT2D eigenvalue weighted by atomic mass is 10.2. The van der Waals surface area contributed by atoms with Gasteiger partial charge in [-0.1, -0.05) is 12.1 Å². The number of carbonyl (C=O) groups is 1. The van der Waals surface area contributed by atoms with Gasteiger partial charge in [0.2, 0.25) is 0 Å². The molecule has 0 atom stereocenters. The number of anilines is 1. The molecule has 0 aliphatic heterocycles. The number of benzene rings is 1. The number of aryl methyl sites for hydroxylation is 2. The molecule has 102 valence electrons. The molecule has 0 spiro atoms. The Kier molecular flexibility index (Phi) is 4.43. The Balaban J connectivity index is 2.24. The van der Waals surface area contributed by atoms with Gasteiger partial charge in [0.25, 0.3) is 5.91 Å². The molecule has 0 unspecified atom stereocenters. The summed E-state index contributed by atoms with van der Waals surface area (Å²) in [6.07, 6.45) is 0. The molecule has 20 heavy (non-hydrogen) atoms. The summed E-state index contributed by atoms with van der Waals surface area (Å²) in [5.41, 5.74) is 2.83. The maximum Gasteiger partial charge on any atom is 0.256 e. The van der Waals surface area contributed by atoms with Crippen molar-refractivity contribution < 1.29 is 4.79 Å². The Hall–Kier alpha value is -2.26. The molecule has 0 bridgehead atoms. The molecule has 1 amide bonds. The summed E-state index contributed by atoms with van der Waals surface area (Å²) in [4.78, 5) is 13.1. The molecule has 0 aliphatic carbocycles. The van der Waals surface area contributed by atoms with Crippen molar-refractivity contribution in [3.05, 3.63) is 41.2 Å². The highest BCUT2D eigenvalue weighted by molar-refractivity contribution is 7.99. The van der Waals surface area contributed by atoms with Gasteiger partial charge >= 0.3 is 0 Å². The van der Waals surface area contributed by atoms with Gasteiger partial charge in [-0.15, -0.1) is 11.8 Å². The molecule has 0 saturated carbocycles. The molecular weight excluding hydrogens is 272 g/mol. The van der Waals surface area contributed by atoms with E-state index in [1.807, 2.05) is 26.0 Å². The second-order valence-corrected chi connectivity index (χ2v) is 5.22. The zero-order valence-corrected chi connectivity index (χ0v) is 12.0. The Morgan fingerprint density at radius 1 is 1.45 bits per heavy atom. The topological polar surface area (TPSA) is 81.6 Å². The lowest BCUT2D eigenvalue weighted by molar-refractivity contribution is 0.102. The van der Waals surface area contributed by atoms with E-state index in [1.54, 1.807) is 12.1 Å². The van der Waals surface area contributed by atoms with E-state index in [0.717, 1.165) is 16.3 Å². The van der Waals surface area contributed by atoms with E-state index >= 15 is 0 Å². The molecule has 1 heterocycles. The maximum absolute atomic E-state index is 12.4. The molecule has 0 saturated heterocycles. The number of aromatic amines is 1. The van der Waals surface area contributed by atoms with Crippen molar-refractivity contribution in [3.8, 4) is 6.07 Å². The van der Waals surface area contributed by atoms with Crippen LogP contribution < -0.4 is 5.32 Å². The van der Waals surface area contributed by atoms with Crippen LogP contribution in [0.2, 0.25) is 0 Å². The van der Waals surface area contributed by atoms with Gasteiger partial charge in [0.05, 0.1) is 34.5 Å². The number of aromatic nitrogens is 2. The van der Waals surface area contributed by atoms with Crippen LogP contribution in [0.4, 0.5) is 5.69 Å². The fraction of sp³-hybridized carbons (Fsp3) is 0.214. The van der Waals surface area contributed by atoms with Gasteiger partial charge in [0.15, 0.2) is 0 Å². The highest BCUT2D eigenvalue weighted by Gasteiger charge is 2.15. The Bertz CT molecular complexity index is 653. The number of rotatable bonds is 4. The summed E-state index contributed by atoms with van der Waals surface area (Å²) in [5, 5.41) is 18.4. The second kappa shape index (κ2) is 6.26. The lowest BCUT2D eigenvalue weighted by Crippen LogP contribution is -2.14. The van der Waals surface area contributed by atoms with Crippen LogP contribution in [0.5, 0.6) is 0 Å². The molecule has 2 rings (SSSR count). The van der Waals surface area contributed by atoms with Crippen LogP contribution in [0.3, 0.4) is 0 Å². The van der Waals surface area contributed by atoms with Gasteiger partial charge in [-0.3, -0.25) is 9.89 Å². The fourth-order valence-electron chi connectivity index (χ4n) is 1.81. The van der Waals surface area contributed by atoms with Crippen molar-refractivity contribution in [1.29, 1.82) is 5.26 Å². The number of hydrogen-bond acceptors (Lipinski definition) is 4. The van der Waals surface area contributed by atoms with E-state index in [2.05, 4.69) is 21.6 Å². The Morgan fingerprint density at radius 2 is 2.20 bits per heavy atom. The fourth-order valence-corrected chi connectivity index (χ4v) is 2.52. The van der Waals surface area contributed by atoms with Crippen LogP contribution in [-0.2, 0) is 0 Å². The first kappa shape index (κ1) is 14.2. The predicted molar refractivity (Wildman–Crippen MR) is 78.8 cm³/mol. The van der Waals surface area contributed by atoms with Crippen LogP contribution in [-0.4, -0.2) is 21.9 Å². The summed E-state index contributed by atoms with van der Waals surface area (Å²) >= 11 is 1.35. The molecule has 0 aliphatic rings. The summed E-state index contributed by atoms with van der Waals surface area (Å²) in [6.45, 7) is 3.68. The van der Waals surface area contributed by atoms with Gasteiger partial charge in [0.1, 0.15) is 0 Å². The molecule has 2 N–H and O–H groups in total. The van der Waals surface area contributed by atoms with E-state index in [-0.39, 0.29) is 5.91 Å². The molecule has 1 aromatic carbocycles. The minimum absolute atomic E-state index is 0.196. The SMILES string of the molecule is Cc1n[nH]c(C)c1NC(=O)c1ccccc1SCC#N. The minimum atomic E-state index is -0.196. The standard InChI is InChI=1S/C14H14N4OS/c1-9-13(10(2)18-17-9)16-14(19)11-5-3-4-6-12(11)20-8-7-15/h3-6H,8H2,1-2H3,(H,16,19)(H,17,18). The van der Waals surface area contributed by atoms with Crippen molar-refractivity contribution in [2.45, 2.75) is 18.7 Å².